The fourth-order valence-electron chi connectivity index (χ4n) is 1.07. The number of hydrogen-bond donors (Lipinski definition) is 1. The molecular formula is C9H12ClNO. The maximum atomic E-state index is 5.94. The Bertz CT molecular complexity index is 256. The van der Waals surface area contributed by atoms with Crippen LogP contribution < -0.4 is 10.1 Å². The van der Waals surface area contributed by atoms with Crippen LogP contribution in [0, 0.1) is 6.92 Å². The van der Waals surface area contributed by atoms with Crippen LogP contribution in [0.1, 0.15) is 5.56 Å². The SMILES string of the molecule is CNc1cc(C)c(OC)cc1Cl. The molecular weight excluding hydrogens is 174 g/mol. The van der Waals surface area contributed by atoms with Crippen molar-refractivity contribution in [2.45, 2.75) is 6.92 Å². The molecule has 0 aliphatic rings. The number of nitrogens with one attached hydrogen (secondary N) is 1. The van der Waals surface area contributed by atoms with E-state index in [2.05, 4.69) is 5.32 Å². The lowest BCUT2D eigenvalue weighted by Gasteiger charge is -2.08. The first kappa shape index (κ1) is 9.20. The van der Waals surface area contributed by atoms with Crippen LogP contribution >= 0.6 is 11.6 Å². The molecule has 0 amide bonds. The van der Waals surface area contributed by atoms with Crippen molar-refractivity contribution < 1.29 is 4.74 Å². The van der Waals surface area contributed by atoms with Crippen LogP contribution in [0.2, 0.25) is 5.02 Å². The van der Waals surface area contributed by atoms with Crippen molar-refractivity contribution in [2.24, 2.45) is 0 Å². The van der Waals surface area contributed by atoms with Gasteiger partial charge in [0.25, 0.3) is 0 Å². The molecule has 0 saturated heterocycles. The predicted molar refractivity (Wildman–Crippen MR) is 52.3 cm³/mol. The number of halogens is 1. The van der Waals surface area contributed by atoms with Crippen LogP contribution in [-0.2, 0) is 0 Å². The minimum absolute atomic E-state index is 0.681. The number of hydrogen-bond acceptors (Lipinski definition) is 2. The quantitative estimate of drug-likeness (QED) is 0.765. The average Bonchev–Trinajstić information content (AvgIpc) is 2.08. The number of rotatable bonds is 2. The van der Waals surface area contributed by atoms with Gasteiger partial charge in [0.2, 0.25) is 0 Å². The predicted octanol–water partition coefficient (Wildman–Crippen LogP) is 2.70. The van der Waals surface area contributed by atoms with Crippen LogP contribution in [0.4, 0.5) is 5.69 Å². The summed E-state index contributed by atoms with van der Waals surface area (Å²) in [5.74, 6) is 0.819. The van der Waals surface area contributed by atoms with E-state index in [1.54, 1.807) is 7.11 Å². The van der Waals surface area contributed by atoms with Gasteiger partial charge in [-0.05, 0) is 18.6 Å². The highest BCUT2D eigenvalue weighted by atomic mass is 35.5. The third kappa shape index (κ3) is 1.64. The van der Waals surface area contributed by atoms with Crippen molar-refractivity contribution in [1.29, 1.82) is 0 Å². The number of anilines is 1. The van der Waals surface area contributed by atoms with E-state index >= 15 is 0 Å². The maximum absolute atomic E-state index is 5.94. The Morgan fingerprint density at radius 3 is 2.58 bits per heavy atom. The normalized spacial score (nSPS) is 9.67. The molecule has 0 radical (unpaired) electrons. The molecule has 0 aromatic heterocycles. The molecule has 1 aromatic rings. The topological polar surface area (TPSA) is 21.3 Å². The van der Waals surface area contributed by atoms with Crippen LogP contribution in [0.25, 0.3) is 0 Å². The Kier molecular flexibility index (Phi) is 2.82. The van der Waals surface area contributed by atoms with E-state index in [0.717, 1.165) is 17.0 Å². The van der Waals surface area contributed by atoms with Gasteiger partial charge in [0.15, 0.2) is 0 Å². The second-order valence-corrected chi connectivity index (χ2v) is 2.96. The molecule has 0 atom stereocenters. The molecule has 0 fully saturated rings. The second-order valence-electron chi connectivity index (χ2n) is 2.55. The third-order valence-corrected chi connectivity index (χ3v) is 2.07. The zero-order chi connectivity index (χ0) is 9.14. The van der Waals surface area contributed by atoms with Gasteiger partial charge in [-0.15, -0.1) is 0 Å². The Morgan fingerprint density at radius 2 is 2.08 bits per heavy atom. The number of ether oxygens (including phenoxy) is 1. The van der Waals surface area contributed by atoms with E-state index in [4.69, 9.17) is 16.3 Å². The first-order valence-electron chi connectivity index (χ1n) is 3.71. The number of methoxy groups -OCH3 is 1. The van der Waals surface area contributed by atoms with E-state index in [1.165, 1.54) is 0 Å². The van der Waals surface area contributed by atoms with Crippen molar-refractivity contribution in [1.82, 2.24) is 0 Å². The molecule has 1 aromatic carbocycles. The molecule has 3 heteroatoms. The minimum atomic E-state index is 0.681. The molecule has 0 saturated carbocycles. The Hall–Kier alpha value is -0.890. The summed E-state index contributed by atoms with van der Waals surface area (Å²) in [4.78, 5) is 0. The standard InChI is InChI=1S/C9H12ClNO/c1-6-4-8(11-2)7(10)5-9(6)12-3/h4-5,11H,1-3H3. The minimum Gasteiger partial charge on any atom is -0.496 e. The van der Waals surface area contributed by atoms with E-state index < -0.39 is 0 Å². The van der Waals surface area contributed by atoms with Gasteiger partial charge in [-0.1, -0.05) is 11.6 Å². The molecule has 2 nitrogen and oxygen atoms in total. The van der Waals surface area contributed by atoms with E-state index in [0.29, 0.717) is 5.02 Å². The zero-order valence-corrected chi connectivity index (χ0v) is 8.20. The molecule has 0 heterocycles. The molecule has 0 unspecified atom stereocenters. The van der Waals surface area contributed by atoms with Crippen LogP contribution in [-0.4, -0.2) is 14.2 Å². The van der Waals surface area contributed by atoms with Crippen molar-refractivity contribution in [3.8, 4) is 5.75 Å². The molecule has 1 N–H and O–H groups in total. The zero-order valence-electron chi connectivity index (χ0n) is 7.44. The van der Waals surface area contributed by atoms with E-state index in [9.17, 15) is 0 Å². The van der Waals surface area contributed by atoms with Crippen molar-refractivity contribution in [2.75, 3.05) is 19.5 Å². The summed E-state index contributed by atoms with van der Waals surface area (Å²) >= 11 is 5.94. The van der Waals surface area contributed by atoms with E-state index in [-0.39, 0.29) is 0 Å². The molecule has 12 heavy (non-hydrogen) atoms. The Morgan fingerprint density at radius 1 is 1.42 bits per heavy atom. The third-order valence-electron chi connectivity index (χ3n) is 1.75. The number of benzene rings is 1. The van der Waals surface area contributed by atoms with Crippen LogP contribution in [0.3, 0.4) is 0 Å². The molecule has 0 aliphatic heterocycles. The highest BCUT2D eigenvalue weighted by molar-refractivity contribution is 6.33. The van der Waals surface area contributed by atoms with Crippen LogP contribution in [0.5, 0.6) is 5.75 Å². The molecule has 0 aliphatic carbocycles. The highest BCUT2D eigenvalue weighted by Crippen LogP contribution is 2.29. The van der Waals surface area contributed by atoms with Gasteiger partial charge in [0, 0.05) is 13.1 Å². The van der Waals surface area contributed by atoms with Crippen molar-refractivity contribution in [3.63, 3.8) is 0 Å². The summed E-state index contributed by atoms with van der Waals surface area (Å²) in [7, 11) is 3.48. The van der Waals surface area contributed by atoms with Gasteiger partial charge in [0.1, 0.15) is 5.75 Å². The van der Waals surface area contributed by atoms with Crippen molar-refractivity contribution >= 4 is 17.3 Å². The van der Waals surface area contributed by atoms with Crippen molar-refractivity contribution in [3.05, 3.63) is 22.7 Å². The molecule has 0 bridgehead atoms. The average molecular weight is 186 g/mol. The van der Waals surface area contributed by atoms with Crippen LogP contribution in [0.15, 0.2) is 12.1 Å². The fraction of sp³-hybridized carbons (Fsp3) is 0.333. The molecule has 0 spiro atoms. The lowest BCUT2D eigenvalue weighted by Crippen LogP contribution is -1.93. The molecule has 66 valence electrons. The number of aryl methyl sites for hydroxylation is 1. The lowest BCUT2D eigenvalue weighted by atomic mass is 10.2. The van der Waals surface area contributed by atoms with Gasteiger partial charge >= 0.3 is 0 Å². The van der Waals surface area contributed by atoms with Gasteiger partial charge < -0.3 is 10.1 Å². The largest absolute Gasteiger partial charge is 0.496 e. The first-order chi connectivity index (χ1) is 5.69. The summed E-state index contributed by atoms with van der Waals surface area (Å²) in [6, 6.07) is 3.77. The van der Waals surface area contributed by atoms with E-state index in [1.807, 2.05) is 26.1 Å². The summed E-state index contributed by atoms with van der Waals surface area (Å²) in [5, 5.41) is 3.68. The summed E-state index contributed by atoms with van der Waals surface area (Å²) in [6.45, 7) is 1.98. The Balaban J connectivity index is 3.16. The highest BCUT2D eigenvalue weighted by Gasteiger charge is 2.03. The second kappa shape index (κ2) is 3.68. The summed E-state index contributed by atoms with van der Waals surface area (Å²) in [5.41, 5.74) is 2.00. The smallest absolute Gasteiger partial charge is 0.123 e. The monoisotopic (exact) mass is 185 g/mol. The van der Waals surface area contributed by atoms with Gasteiger partial charge in [0.05, 0.1) is 17.8 Å². The van der Waals surface area contributed by atoms with Gasteiger partial charge in [-0.2, -0.15) is 0 Å². The summed E-state index contributed by atoms with van der Waals surface area (Å²) in [6.07, 6.45) is 0. The lowest BCUT2D eigenvalue weighted by molar-refractivity contribution is 0.412. The molecule has 1 rings (SSSR count). The van der Waals surface area contributed by atoms with Gasteiger partial charge in [-0.3, -0.25) is 0 Å². The maximum Gasteiger partial charge on any atom is 0.123 e. The van der Waals surface area contributed by atoms with Gasteiger partial charge in [-0.25, -0.2) is 0 Å². The first-order valence-corrected chi connectivity index (χ1v) is 4.08. The Labute approximate surface area is 77.5 Å². The summed E-state index contributed by atoms with van der Waals surface area (Å²) < 4.78 is 5.11. The fourth-order valence-corrected chi connectivity index (χ4v) is 1.32.